The van der Waals surface area contributed by atoms with Gasteiger partial charge in [0.25, 0.3) is 7.82 Å². The smallest absolute Gasteiger partial charge is 0.306 e. The first kappa shape index (κ1) is 55.9. The molecule has 0 aliphatic rings. The molecule has 0 aromatic heterocycles. The molecular weight excluding hydrogens is 761 g/mol. The number of esters is 2. The third kappa shape index (κ3) is 38.1. The van der Waals surface area contributed by atoms with E-state index in [2.05, 4.69) is 13.8 Å². The Bertz CT molecular complexity index is 1180. The largest absolute Gasteiger partial charge is 0.756 e. The van der Waals surface area contributed by atoms with E-state index in [-0.39, 0.29) is 32.3 Å². The van der Waals surface area contributed by atoms with E-state index in [1.807, 2.05) is 21.1 Å². The lowest BCUT2D eigenvalue weighted by molar-refractivity contribution is -0.870. The van der Waals surface area contributed by atoms with Crippen LogP contribution < -0.4 is 4.89 Å². The van der Waals surface area contributed by atoms with Crippen LogP contribution in [0.4, 0.5) is 0 Å². The minimum absolute atomic E-state index is 0.0756. The number of allylic oxidation sites excluding steroid dienone is 6. The summed E-state index contributed by atoms with van der Waals surface area (Å²) in [6, 6.07) is 0. The number of nitrogens with zero attached hydrogens (tertiary/aromatic N) is 1. The molecule has 0 aliphatic heterocycles. The first-order valence-electron chi connectivity index (χ1n) is 22.2. The van der Waals surface area contributed by atoms with Gasteiger partial charge in [-0.15, -0.1) is 0 Å². The van der Waals surface area contributed by atoms with Crippen molar-refractivity contribution < 1.29 is 57.4 Å². The first-order valence-corrected chi connectivity index (χ1v) is 23.6. The second kappa shape index (κ2) is 36.7. The predicted octanol–water partition coefficient (Wildman–Crippen LogP) is 8.58. The molecule has 58 heavy (non-hydrogen) atoms. The molecule has 0 fully saturated rings. The highest BCUT2D eigenvalue weighted by molar-refractivity contribution is 7.45. The molecule has 0 aromatic rings. The van der Waals surface area contributed by atoms with E-state index in [1.165, 1.54) is 70.3 Å². The fraction of sp³-hybridized carbons (Fsp3) is 0.778. The molecule has 0 heterocycles. The van der Waals surface area contributed by atoms with Crippen molar-refractivity contribution in [2.45, 2.75) is 180 Å². The molecule has 0 aromatic carbocycles. The number of rotatable bonds is 39. The van der Waals surface area contributed by atoms with Crippen molar-refractivity contribution in [1.82, 2.24) is 0 Å². The second-order valence-electron chi connectivity index (χ2n) is 16.3. The van der Waals surface area contributed by atoms with Gasteiger partial charge < -0.3 is 43.2 Å². The lowest BCUT2D eigenvalue weighted by Crippen LogP contribution is -2.37. The summed E-state index contributed by atoms with van der Waals surface area (Å²) in [7, 11) is 0.975. The summed E-state index contributed by atoms with van der Waals surface area (Å²) in [5.41, 5.74) is 0. The van der Waals surface area contributed by atoms with Crippen molar-refractivity contribution in [2.75, 3.05) is 47.5 Å². The van der Waals surface area contributed by atoms with Crippen molar-refractivity contribution in [1.29, 1.82) is 0 Å². The zero-order valence-electron chi connectivity index (χ0n) is 36.8. The van der Waals surface area contributed by atoms with Gasteiger partial charge in [-0.25, -0.2) is 0 Å². The molecule has 0 amide bonds. The van der Waals surface area contributed by atoms with Crippen LogP contribution in [0.2, 0.25) is 0 Å². The van der Waals surface area contributed by atoms with Crippen LogP contribution in [-0.4, -0.2) is 104 Å². The van der Waals surface area contributed by atoms with E-state index < -0.39 is 57.4 Å². The van der Waals surface area contributed by atoms with Crippen LogP contribution in [0.1, 0.15) is 155 Å². The molecule has 0 aliphatic carbocycles. The lowest BCUT2D eigenvalue weighted by Gasteiger charge is -2.28. The number of quaternary nitrogens is 1. The maximum atomic E-state index is 12.7. The number of carbonyl (C=O) groups is 2. The molecule has 0 radical (unpaired) electrons. The number of aliphatic hydroxyl groups excluding tert-OH is 3. The Balaban J connectivity index is 4.68. The number of aliphatic hydroxyl groups is 3. The number of unbranched alkanes of at least 4 members (excludes halogenated alkanes) is 15. The third-order valence-corrected chi connectivity index (χ3v) is 10.4. The molecule has 0 bridgehead atoms. The van der Waals surface area contributed by atoms with Gasteiger partial charge in [0.2, 0.25) is 0 Å². The molecule has 1 unspecified atom stereocenters. The Morgan fingerprint density at radius 2 is 1.12 bits per heavy atom. The molecule has 0 rings (SSSR count). The zero-order chi connectivity index (χ0) is 43.3. The van der Waals surface area contributed by atoms with Crippen molar-refractivity contribution in [3.05, 3.63) is 48.6 Å². The molecule has 3 N–H and O–H groups in total. The van der Waals surface area contributed by atoms with Gasteiger partial charge in [0.05, 0.1) is 46.1 Å². The highest BCUT2D eigenvalue weighted by atomic mass is 31.2. The van der Waals surface area contributed by atoms with E-state index >= 15 is 0 Å². The third-order valence-electron chi connectivity index (χ3n) is 9.47. The van der Waals surface area contributed by atoms with Gasteiger partial charge >= 0.3 is 11.9 Å². The topological polar surface area (TPSA) is 172 Å². The standard InChI is InChI=1S/C45H82NO11P/c1-6-8-10-11-12-13-14-15-16-17-18-19-24-28-34-45(51)57-41(39-56-58(52,53)55-37-36-46(3,4)5)38-54-44(50)35-29-33-43(49)42(48)32-27-23-21-20-22-26-31-40(47)30-25-9-7-2/h20-23,26-27,31-32,40-43,47-49H,6-19,24-25,28-30,33-39H2,1-5H3/b22-20-,23-21+,31-26+,32-27+/t40-,41-,42-,43-/m1/s1. The normalized spacial score (nSPS) is 15.7. The van der Waals surface area contributed by atoms with E-state index in [9.17, 15) is 34.4 Å². The highest BCUT2D eigenvalue weighted by Crippen LogP contribution is 2.38. The number of hydrogen-bond acceptors (Lipinski definition) is 11. The van der Waals surface area contributed by atoms with Crippen LogP contribution in [0.3, 0.4) is 0 Å². The van der Waals surface area contributed by atoms with Gasteiger partial charge in [-0.3, -0.25) is 14.2 Å². The van der Waals surface area contributed by atoms with E-state index in [0.29, 0.717) is 17.4 Å². The number of hydrogen-bond donors (Lipinski definition) is 3. The van der Waals surface area contributed by atoms with E-state index in [1.54, 1.807) is 42.5 Å². The van der Waals surface area contributed by atoms with E-state index in [0.717, 1.165) is 44.9 Å². The SMILES string of the molecule is CCCCCCCCCCCCCCCCC(=O)O[C@H](COC(=O)CCC[C@@H](O)[C@H](O)/C=C/C=C/C=C\C=C\[C@H](O)CCCCC)COP(=O)([O-])OCC[N+](C)(C)C. The summed E-state index contributed by atoms with van der Waals surface area (Å²) in [6.07, 6.45) is 30.8. The Hall–Kier alpha value is -2.15. The van der Waals surface area contributed by atoms with Crippen LogP contribution in [0.15, 0.2) is 48.6 Å². The van der Waals surface area contributed by atoms with Crippen LogP contribution in [0.25, 0.3) is 0 Å². The molecule has 12 nitrogen and oxygen atoms in total. The van der Waals surface area contributed by atoms with Crippen molar-refractivity contribution in [3.63, 3.8) is 0 Å². The van der Waals surface area contributed by atoms with Crippen molar-refractivity contribution >= 4 is 19.8 Å². The summed E-state index contributed by atoms with van der Waals surface area (Å²) < 4.78 is 33.6. The van der Waals surface area contributed by atoms with Crippen LogP contribution >= 0.6 is 7.82 Å². The number of likely N-dealkylation sites (N-methyl/N-ethyl adjacent to an activating group) is 1. The minimum Gasteiger partial charge on any atom is -0.756 e. The highest BCUT2D eigenvalue weighted by Gasteiger charge is 2.22. The number of ether oxygens (including phenoxy) is 2. The van der Waals surface area contributed by atoms with Gasteiger partial charge in [-0.05, 0) is 25.7 Å². The zero-order valence-corrected chi connectivity index (χ0v) is 37.7. The Morgan fingerprint density at radius 3 is 1.69 bits per heavy atom. The average Bonchev–Trinajstić information content (AvgIpc) is 3.16. The predicted molar refractivity (Wildman–Crippen MR) is 231 cm³/mol. The Labute approximate surface area is 352 Å². The van der Waals surface area contributed by atoms with Crippen molar-refractivity contribution in [3.8, 4) is 0 Å². The number of carbonyl (C=O) groups excluding carboxylic acids is 2. The first-order chi connectivity index (χ1) is 27.7. The molecular formula is C45H82NO11P. The summed E-state index contributed by atoms with van der Waals surface area (Å²) in [5.74, 6) is -1.16. The van der Waals surface area contributed by atoms with Crippen LogP contribution in [0.5, 0.6) is 0 Å². The monoisotopic (exact) mass is 844 g/mol. The Kier molecular flexibility index (Phi) is 35.3. The average molecular weight is 844 g/mol. The summed E-state index contributed by atoms with van der Waals surface area (Å²) >= 11 is 0. The van der Waals surface area contributed by atoms with E-state index in [4.69, 9.17) is 18.5 Å². The van der Waals surface area contributed by atoms with Gasteiger partial charge in [-0.2, -0.15) is 0 Å². The minimum atomic E-state index is -4.71. The second-order valence-corrected chi connectivity index (χ2v) is 17.7. The molecule has 0 saturated carbocycles. The van der Waals surface area contributed by atoms with Crippen LogP contribution in [0, 0.1) is 0 Å². The fourth-order valence-corrected chi connectivity index (χ4v) is 6.53. The Morgan fingerprint density at radius 1 is 0.621 bits per heavy atom. The maximum absolute atomic E-state index is 12.7. The molecule has 0 spiro atoms. The van der Waals surface area contributed by atoms with Gasteiger partial charge in [0.1, 0.15) is 19.8 Å². The number of phosphoric acid groups is 1. The molecule has 5 atom stereocenters. The van der Waals surface area contributed by atoms with Crippen molar-refractivity contribution in [2.24, 2.45) is 0 Å². The quantitative estimate of drug-likeness (QED) is 0.0178. The molecule has 0 saturated heterocycles. The van der Waals surface area contributed by atoms with Gasteiger partial charge in [-0.1, -0.05) is 165 Å². The fourth-order valence-electron chi connectivity index (χ4n) is 5.80. The maximum Gasteiger partial charge on any atom is 0.306 e. The summed E-state index contributed by atoms with van der Waals surface area (Å²) in [6.45, 7) is 3.72. The number of phosphoric ester groups is 1. The lowest BCUT2D eigenvalue weighted by atomic mass is 10.0. The molecule has 13 heteroatoms. The molecule has 338 valence electrons. The summed E-state index contributed by atoms with van der Waals surface area (Å²) in [4.78, 5) is 37.6. The van der Waals surface area contributed by atoms with Gasteiger partial charge in [0.15, 0.2) is 6.10 Å². The van der Waals surface area contributed by atoms with Gasteiger partial charge in [0, 0.05) is 12.8 Å². The summed E-state index contributed by atoms with van der Waals surface area (Å²) in [5, 5.41) is 30.5. The van der Waals surface area contributed by atoms with Crippen LogP contribution in [-0.2, 0) is 32.7 Å².